The highest BCUT2D eigenvalue weighted by molar-refractivity contribution is 7.00. The van der Waals surface area contributed by atoms with Crippen molar-refractivity contribution in [2.75, 3.05) is 0 Å². The number of benzene rings is 3. The highest BCUT2D eigenvalue weighted by Crippen LogP contribution is 2.45. The number of esters is 1. The molecule has 0 spiro atoms. The van der Waals surface area contributed by atoms with Crippen LogP contribution >= 0.6 is 11.7 Å². The summed E-state index contributed by atoms with van der Waals surface area (Å²) in [6.45, 7) is 3.88. The van der Waals surface area contributed by atoms with Gasteiger partial charge in [-0.2, -0.15) is 8.75 Å². The lowest BCUT2D eigenvalue weighted by Gasteiger charge is -2.26. The number of rotatable bonds is 6. The van der Waals surface area contributed by atoms with Crippen molar-refractivity contribution in [3.05, 3.63) is 95.3 Å². The molecule has 9 heteroatoms. The van der Waals surface area contributed by atoms with Gasteiger partial charge in [-0.1, -0.05) is 12.1 Å². The average Bonchev–Trinajstić information content (AvgIpc) is 3.45. The van der Waals surface area contributed by atoms with E-state index in [-0.39, 0.29) is 12.5 Å². The fourth-order valence-corrected chi connectivity index (χ4v) is 5.08. The van der Waals surface area contributed by atoms with E-state index >= 15 is 0 Å². The molecule has 1 N–H and O–H groups in total. The van der Waals surface area contributed by atoms with E-state index in [1.165, 1.54) is 0 Å². The maximum atomic E-state index is 13.3. The molecule has 0 saturated carbocycles. The Morgan fingerprint density at radius 3 is 2.43 bits per heavy atom. The third-order valence-electron chi connectivity index (χ3n) is 6.23. The number of ether oxygens (including phenoxy) is 2. The van der Waals surface area contributed by atoms with Crippen molar-refractivity contribution < 1.29 is 19.4 Å². The summed E-state index contributed by atoms with van der Waals surface area (Å²) in [6.07, 6.45) is 3.53. The number of carbonyl (C=O) groups is 1. The van der Waals surface area contributed by atoms with Crippen LogP contribution in [0.1, 0.15) is 30.5 Å². The second kappa shape index (κ2) is 9.02. The Kier molecular flexibility index (Phi) is 5.66. The predicted octanol–water partition coefficient (Wildman–Crippen LogP) is 4.82. The number of nitrogens with zero attached hydrogens (tertiary/aromatic N) is 4. The Morgan fingerprint density at radius 1 is 0.919 bits per heavy atom. The van der Waals surface area contributed by atoms with Gasteiger partial charge in [0, 0.05) is 30.0 Å². The van der Waals surface area contributed by atoms with Crippen molar-refractivity contribution in [2.45, 2.75) is 32.2 Å². The van der Waals surface area contributed by atoms with Gasteiger partial charge in [-0.15, -0.1) is 0 Å². The van der Waals surface area contributed by atoms with Crippen molar-refractivity contribution in [1.82, 2.24) is 18.7 Å². The molecule has 3 heterocycles. The Labute approximate surface area is 216 Å². The summed E-state index contributed by atoms with van der Waals surface area (Å²) in [5.74, 6) is -1.91. The molecular weight excluding hydrogens is 488 g/mol. The first-order valence-electron chi connectivity index (χ1n) is 11.8. The normalized spacial score (nSPS) is 17.7. The third-order valence-corrected chi connectivity index (χ3v) is 6.79. The van der Waals surface area contributed by atoms with Gasteiger partial charge < -0.3 is 14.6 Å². The number of fused-ring (bicyclic) bond motifs is 2. The summed E-state index contributed by atoms with van der Waals surface area (Å²) in [5, 5.41) is 11.9. The van der Waals surface area contributed by atoms with Gasteiger partial charge in [-0.05, 0) is 73.5 Å². The SMILES string of the molecule is CC(C)Oc1ccc(C2(O)OC(=O)C(c3ccc4nsnc4c3)=C2Cc2ccc3nccnc3c2)cc1. The van der Waals surface area contributed by atoms with Crippen molar-refractivity contribution in [3.8, 4) is 5.75 Å². The largest absolute Gasteiger partial charge is 0.491 e. The van der Waals surface area contributed by atoms with Crippen LogP contribution in [0.5, 0.6) is 5.75 Å². The zero-order chi connectivity index (χ0) is 25.6. The van der Waals surface area contributed by atoms with E-state index < -0.39 is 11.8 Å². The van der Waals surface area contributed by atoms with Crippen LogP contribution in [0, 0.1) is 0 Å². The first-order valence-corrected chi connectivity index (χ1v) is 12.5. The average molecular weight is 511 g/mol. The second-order valence-corrected chi connectivity index (χ2v) is 9.63. The minimum absolute atomic E-state index is 0.00595. The summed E-state index contributed by atoms with van der Waals surface area (Å²) >= 11 is 1.11. The molecule has 2 aromatic heterocycles. The zero-order valence-electron chi connectivity index (χ0n) is 20.1. The van der Waals surface area contributed by atoms with Crippen LogP contribution in [0.3, 0.4) is 0 Å². The van der Waals surface area contributed by atoms with Crippen LogP contribution < -0.4 is 4.74 Å². The first-order chi connectivity index (χ1) is 17.9. The van der Waals surface area contributed by atoms with Gasteiger partial charge in [0.25, 0.3) is 5.79 Å². The van der Waals surface area contributed by atoms with Crippen molar-refractivity contribution in [3.63, 3.8) is 0 Å². The predicted molar refractivity (Wildman–Crippen MR) is 140 cm³/mol. The van der Waals surface area contributed by atoms with E-state index in [0.29, 0.717) is 33.5 Å². The minimum Gasteiger partial charge on any atom is -0.491 e. The van der Waals surface area contributed by atoms with E-state index in [2.05, 4.69) is 18.7 Å². The number of aliphatic hydroxyl groups is 1. The van der Waals surface area contributed by atoms with E-state index in [0.717, 1.165) is 33.8 Å². The van der Waals surface area contributed by atoms with Gasteiger partial charge in [-0.3, -0.25) is 9.97 Å². The Morgan fingerprint density at radius 2 is 1.65 bits per heavy atom. The summed E-state index contributed by atoms with van der Waals surface area (Å²) in [4.78, 5) is 22.1. The summed E-state index contributed by atoms with van der Waals surface area (Å²) < 4.78 is 20.0. The molecule has 0 radical (unpaired) electrons. The number of hydrogen-bond donors (Lipinski definition) is 1. The van der Waals surface area contributed by atoms with Crippen molar-refractivity contribution in [2.24, 2.45) is 0 Å². The monoisotopic (exact) mass is 510 g/mol. The summed E-state index contributed by atoms with van der Waals surface area (Å²) in [7, 11) is 0. The molecule has 37 heavy (non-hydrogen) atoms. The van der Waals surface area contributed by atoms with Gasteiger partial charge in [0.15, 0.2) is 0 Å². The van der Waals surface area contributed by atoms with Gasteiger partial charge in [0.1, 0.15) is 16.8 Å². The fourth-order valence-electron chi connectivity index (χ4n) is 4.56. The van der Waals surface area contributed by atoms with E-state index in [9.17, 15) is 9.90 Å². The fraction of sp³-hybridized carbons (Fsp3) is 0.179. The van der Waals surface area contributed by atoms with Crippen LogP contribution in [0.15, 0.2) is 78.6 Å². The summed E-state index contributed by atoms with van der Waals surface area (Å²) in [6, 6.07) is 18.1. The molecule has 184 valence electrons. The number of cyclic esters (lactones) is 1. The molecule has 0 fully saturated rings. The number of aromatic nitrogens is 4. The molecule has 5 aromatic rings. The molecule has 0 aliphatic carbocycles. The number of hydrogen-bond acceptors (Lipinski definition) is 9. The Bertz CT molecular complexity index is 1680. The Balaban J connectivity index is 1.49. The van der Waals surface area contributed by atoms with Crippen LogP contribution in [0.2, 0.25) is 0 Å². The summed E-state index contributed by atoms with van der Waals surface area (Å²) in [5.41, 5.74) is 5.53. The molecule has 6 rings (SSSR count). The molecular formula is C28H22N4O4S. The van der Waals surface area contributed by atoms with Gasteiger partial charge in [0.2, 0.25) is 0 Å². The van der Waals surface area contributed by atoms with Gasteiger partial charge in [-0.25, -0.2) is 4.79 Å². The second-order valence-electron chi connectivity index (χ2n) is 9.10. The molecule has 8 nitrogen and oxygen atoms in total. The molecule has 1 aliphatic heterocycles. The topological polar surface area (TPSA) is 107 Å². The third kappa shape index (κ3) is 4.22. The lowest BCUT2D eigenvalue weighted by Crippen LogP contribution is -2.29. The van der Waals surface area contributed by atoms with E-state index in [1.807, 2.05) is 38.1 Å². The standard InChI is InChI=1S/C28H22N4O4S/c1-16(2)35-20-7-5-19(6-8-20)28(34)21(13-17-3-9-22-24(14-17)30-12-11-29-22)26(27(33)36-28)18-4-10-23-25(15-18)32-37-31-23/h3-12,14-16,34H,13H2,1-2H3. The van der Waals surface area contributed by atoms with Crippen molar-refractivity contribution >= 4 is 45.3 Å². The maximum absolute atomic E-state index is 13.3. The highest BCUT2D eigenvalue weighted by atomic mass is 32.1. The first kappa shape index (κ1) is 23.2. The molecule has 1 atom stereocenters. The van der Waals surface area contributed by atoms with Crippen LogP contribution in [0.4, 0.5) is 0 Å². The van der Waals surface area contributed by atoms with Crippen LogP contribution in [-0.4, -0.2) is 35.9 Å². The zero-order valence-corrected chi connectivity index (χ0v) is 20.9. The molecule has 1 unspecified atom stereocenters. The van der Waals surface area contributed by atoms with Gasteiger partial charge in [0.05, 0.1) is 34.4 Å². The molecule has 1 aliphatic rings. The highest BCUT2D eigenvalue weighted by Gasteiger charge is 2.48. The Hall–Kier alpha value is -4.21. The minimum atomic E-state index is -1.96. The van der Waals surface area contributed by atoms with Crippen LogP contribution in [-0.2, 0) is 21.7 Å². The van der Waals surface area contributed by atoms with Crippen LogP contribution in [0.25, 0.3) is 27.6 Å². The lowest BCUT2D eigenvalue weighted by molar-refractivity contribution is -0.185. The molecule has 0 saturated heterocycles. The lowest BCUT2D eigenvalue weighted by atomic mass is 9.88. The molecule has 3 aromatic carbocycles. The van der Waals surface area contributed by atoms with E-state index in [4.69, 9.17) is 9.47 Å². The smallest absolute Gasteiger partial charge is 0.342 e. The maximum Gasteiger partial charge on any atom is 0.342 e. The van der Waals surface area contributed by atoms with Gasteiger partial charge >= 0.3 is 5.97 Å². The van der Waals surface area contributed by atoms with E-state index in [1.54, 1.807) is 48.8 Å². The molecule has 0 amide bonds. The molecule has 0 bridgehead atoms. The van der Waals surface area contributed by atoms with Crippen molar-refractivity contribution in [1.29, 1.82) is 0 Å². The number of carbonyl (C=O) groups excluding carboxylic acids is 1. The quantitative estimate of drug-likeness (QED) is 0.324.